The molecule has 3 aromatic rings. The Morgan fingerprint density at radius 2 is 2.00 bits per heavy atom. The van der Waals surface area contributed by atoms with Crippen LogP contribution in [0.3, 0.4) is 0 Å². The van der Waals surface area contributed by atoms with Gasteiger partial charge in [0.25, 0.3) is 0 Å². The summed E-state index contributed by atoms with van der Waals surface area (Å²) in [4.78, 5) is 8.90. The van der Waals surface area contributed by atoms with Crippen LogP contribution in [-0.4, -0.2) is 39.4 Å². The van der Waals surface area contributed by atoms with Crippen LogP contribution < -0.4 is 0 Å². The fraction of sp³-hybridized carbons (Fsp3) is 0.389. The predicted octanol–water partition coefficient (Wildman–Crippen LogP) is 3.96. The van der Waals surface area contributed by atoms with E-state index < -0.39 is 8.07 Å². The van der Waals surface area contributed by atoms with Crippen LogP contribution in [0.4, 0.5) is 0 Å². The number of aromatic nitrogens is 5. The molecule has 6 nitrogen and oxygen atoms in total. The Hall–Kier alpha value is -2.25. The largest absolute Gasteiger partial charge is 0.361 e. The summed E-state index contributed by atoms with van der Waals surface area (Å²) in [5.74, 6) is 0.870. The highest BCUT2D eigenvalue weighted by molar-refractivity contribution is 6.76. The number of rotatable bonds is 7. The maximum absolute atomic E-state index is 5.95. The molecule has 0 radical (unpaired) electrons. The molecule has 132 valence electrons. The van der Waals surface area contributed by atoms with Gasteiger partial charge < -0.3 is 9.30 Å². The van der Waals surface area contributed by atoms with Gasteiger partial charge in [0.15, 0.2) is 0 Å². The lowest BCUT2D eigenvalue weighted by atomic mass is 10.0. The van der Waals surface area contributed by atoms with Crippen molar-refractivity contribution < 1.29 is 4.74 Å². The fourth-order valence-corrected chi connectivity index (χ4v) is 3.35. The van der Waals surface area contributed by atoms with E-state index in [9.17, 15) is 0 Å². The predicted molar refractivity (Wildman–Crippen MR) is 102 cm³/mol. The quantitative estimate of drug-likeness (QED) is 0.514. The Kier molecular flexibility index (Phi) is 5.15. The summed E-state index contributed by atoms with van der Waals surface area (Å²) >= 11 is 0. The summed E-state index contributed by atoms with van der Waals surface area (Å²) < 4.78 is 8.05. The van der Waals surface area contributed by atoms with Crippen LogP contribution in [0.25, 0.3) is 22.5 Å². The van der Waals surface area contributed by atoms with E-state index in [4.69, 9.17) is 4.74 Å². The van der Waals surface area contributed by atoms with Crippen molar-refractivity contribution in [1.29, 1.82) is 0 Å². The minimum atomic E-state index is -1.09. The second kappa shape index (κ2) is 7.33. The number of hydrogen-bond donors (Lipinski definition) is 1. The van der Waals surface area contributed by atoms with Crippen molar-refractivity contribution in [1.82, 2.24) is 24.7 Å². The second-order valence-corrected chi connectivity index (χ2v) is 13.0. The highest BCUT2D eigenvalue weighted by Crippen LogP contribution is 2.30. The number of H-pyrrole nitrogens is 1. The van der Waals surface area contributed by atoms with Gasteiger partial charge in [-0.1, -0.05) is 19.6 Å². The van der Waals surface area contributed by atoms with Crippen molar-refractivity contribution in [3.63, 3.8) is 0 Å². The van der Waals surface area contributed by atoms with Crippen molar-refractivity contribution in [2.75, 3.05) is 6.61 Å². The van der Waals surface area contributed by atoms with Gasteiger partial charge in [0.1, 0.15) is 12.6 Å². The molecule has 1 N–H and O–H groups in total. The standard InChI is InChI=1S/C18H25N5OSi/c1-14-9-20-18(23(14)13-24-7-8-25(2,3)4)17-12-19-6-5-16(17)15-10-21-22-11-15/h5-6,9-12H,7-8,13H2,1-4H3,(H,21,22). The number of ether oxygens (including phenoxy) is 1. The van der Waals surface area contributed by atoms with Gasteiger partial charge in [-0.3, -0.25) is 10.1 Å². The van der Waals surface area contributed by atoms with Crippen LogP contribution in [-0.2, 0) is 11.5 Å². The van der Waals surface area contributed by atoms with E-state index in [2.05, 4.69) is 44.4 Å². The molecule has 0 spiro atoms. The first-order valence-corrected chi connectivity index (χ1v) is 12.2. The van der Waals surface area contributed by atoms with Crippen LogP contribution in [0.2, 0.25) is 25.7 Å². The Balaban J connectivity index is 1.85. The zero-order valence-corrected chi connectivity index (χ0v) is 16.3. The van der Waals surface area contributed by atoms with Gasteiger partial charge in [-0.15, -0.1) is 0 Å². The van der Waals surface area contributed by atoms with Gasteiger partial charge in [-0.05, 0) is 24.6 Å². The van der Waals surface area contributed by atoms with Crippen molar-refractivity contribution in [2.45, 2.75) is 39.3 Å². The Bertz CT molecular complexity index is 820. The molecule has 0 bridgehead atoms. The molecular formula is C18H25N5OSi. The molecule has 25 heavy (non-hydrogen) atoms. The van der Waals surface area contributed by atoms with Crippen molar-refractivity contribution in [2.24, 2.45) is 0 Å². The van der Waals surface area contributed by atoms with Crippen LogP contribution in [0.5, 0.6) is 0 Å². The molecule has 0 amide bonds. The fourth-order valence-electron chi connectivity index (χ4n) is 2.60. The highest BCUT2D eigenvalue weighted by atomic mass is 28.3. The molecule has 0 atom stereocenters. The summed E-state index contributed by atoms with van der Waals surface area (Å²) in [7, 11) is -1.09. The summed E-state index contributed by atoms with van der Waals surface area (Å²) in [5, 5.41) is 6.92. The maximum atomic E-state index is 5.95. The maximum Gasteiger partial charge on any atom is 0.144 e. The summed E-state index contributed by atoms with van der Waals surface area (Å²) in [6.07, 6.45) is 9.20. The Morgan fingerprint density at radius 3 is 2.72 bits per heavy atom. The first kappa shape index (κ1) is 17.6. The van der Waals surface area contributed by atoms with E-state index in [1.165, 1.54) is 0 Å². The number of imidazole rings is 1. The Labute approximate surface area is 149 Å². The molecular weight excluding hydrogens is 330 g/mol. The molecule has 0 aliphatic carbocycles. The van der Waals surface area contributed by atoms with Gasteiger partial charge in [0, 0.05) is 56.3 Å². The topological polar surface area (TPSA) is 68.6 Å². The third-order valence-electron chi connectivity index (χ3n) is 4.14. The van der Waals surface area contributed by atoms with E-state index in [0.717, 1.165) is 40.9 Å². The highest BCUT2D eigenvalue weighted by Gasteiger charge is 2.16. The molecule has 3 aromatic heterocycles. The summed E-state index contributed by atoms with van der Waals surface area (Å²) in [6.45, 7) is 10.4. The number of nitrogens with zero attached hydrogens (tertiary/aromatic N) is 4. The molecule has 0 aliphatic heterocycles. The van der Waals surface area contributed by atoms with Crippen molar-refractivity contribution in [3.8, 4) is 22.5 Å². The van der Waals surface area contributed by atoms with Crippen LogP contribution >= 0.6 is 0 Å². The summed E-state index contributed by atoms with van der Waals surface area (Å²) in [5.41, 5.74) is 4.12. The molecule has 0 unspecified atom stereocenters. The Morgan fingerprint density at radius 1 is 1.16 bits per heavy atom. The number of aryl methyl sites for hydroxylation is 1. The lowest BCUT2D eigenvalue weighted by Crippen LogP contribution is -2.22. The average Bonchev–Trinajstić information content (AvgIpc) is 3.21. The summed E-state index contributed by atoms with van der Waals surface area (Å²) in [6, 6.07) is 3.14. The van der Waals surface area contributed by atoms with Crippen molar-refractivity contribution in [3.05, 3.63) is 42.7 Å². The third kappa shape index (κ3) is 4.24. The molecule has 0 aliphatic rings. The molecule has 0 fully saturated rings. The zero-order valence-electron chi connectivity index (χ0n) is 15.3. The molecule has 3 heterocycles. The second-order valence-electron chi connectivity index (χ2n) is 7.41. The molecule has 0 saturated carbocycles. The van der Waals surface area contributed by atoms with Crippen molar-refractivity contribution >= 4 is 8.07 Å². The molecule has 0 aromatic carbocycles. The SMILES string of the molecule is Cc1cnc(-c2cnccc2-c2cn[nH]c2)n1COCC[Si](C)(C)C. The molecule has 3 rings (SSSR count). The first-order valence-electron chi connectivity index (χ1n) is 8.49. The van der Waals surface area contributed by atoms with Crippen LogP contribution in [0.15, 0.2) is 37.1 Å². The number of hydrogen-bond acceptors (Lipinski definition) is 4. The lowest BCUT2D eigenvalue weighted by molar-refractivity contribution is 0.0870. The number of pyridine rings is 1. The number of aromatic amines is 1. The zero-order chi connectivity index (χ0) is 17.9. The van der Waals surface area contributed by atoms with Crippen LogP contribution in [0.1, 0.15) is 5.69 Å². The smallest absolute Gasteiger partial charge is 0.144 e. The first-order chi connectivity index (χ1) is 12.0. The minimum absolute atomic E-state index is 0.505. The van der Waals surface area contributed by atoms with E-state index in [-0.39, 0.29) is 0 Å². The van der Waals surface area contributed by atoms with Gasteiger partial charge >= 0.3 is 0 Å². The molecule has 7 heteroatoms. The van der Waals surface area contributed by atoms with Gasteiger partial charge in [0.2, 0.25) is 0 Å². The van der Waals surface area contributed by atoms with Crippen LogP contribution in [0, 0.1) is 6.92 Å². The van der Waals surface area contributed by atoms with E-state index in [0.29, 0.717) is 6.73 Å². The monoisotopic (exact) mass is 355 g/mol. The third-order valence-corrected chi connectivity index (χ3v) is 5.85. The van der Waals surface area contributed by atoms with Gasteiger partial charge in [-0.25, -0.2) is 4.98 Å². The lowest BCUT2D eigenvalue weighted by Gasteiger charge is -2.17. The van der Waals surface area contributed by atoms with E-state index >= 15 is 0 Å². The van der Waals surface area contributed by atoms with Gasteiger partial charge in [0.05, 0.1) is 6.20 Å². The minimum Gasteiger partial charge on any atom is -0.361 e. The van der Waals surface area contributed by atoms with Gasteiger partial charge in [-0.2, -0.15) is 5.10 Å². The molecule has 0 saturated heterocycles. The normalized spacial score (nSPS) is 11.8. The van der Waals surface area contributed by atoms with E-state index in [1.807, 2.05) is 37.8 Å². The average molecular weight is 356 g/mol. The number of nitrogens with one attached hydrogen (secondary N) is 1. The van der Waals surface area contributed by atoms with E-state index in [1.54, 1.807) is 6.20 Å².